The zero-order valence-corrected chi connectivity index (χ0v) is 7.39. The highest BCUT2D eigenvalue weighted by Crippen LogP contribution is 2.47. The topological polar surface area (TPSA) is 0 Å². The Hall–Kier alpha value is 0.240. The first-order chi connectivity index (χ1) is 5.06. The van der Waals surface area contributed by atoms with Gasteiger partial charge in [0.05, 0.1) is 4.43 Å². The molecule has 0 aromatic heterocycles. The smallest absolute Gasteiger partial charge is 0.223 e. The van der Waals surface area contributed by atoms with Gasteiger partial charge in [0.15, 0.2) is 0 Å². The predicted molar refractivity (Wildman–Crippen MR) is 34.8 cm³/mol. The minimum absolute atomic E-state index is 0.702. The lowest BCUT2D eigenvalue weighted by Crippen LogP contribution is -2.54. The molecule has 0 saturated carbocycles. The molecule has 0 N–H and O–H groups in total. The third-order valence-corrected chi connectivity index (χ3v) is 2.13. The number of halogens is 8. The zero-order chi connectivity index (χ0) is 10.2. The van der Waals surface area contributed by atoms with Crippen LogP contribution in [0.3, 0.4) is 0 Å². The maximum Gasteiger partial charge on any atom is 0.432 e. The maximum absolute atomic E-state index is 12.3. The second kappa shape index (κ2) is 3.18. The van der Waals surface area contributed by atoms with E-state index >= 15 is 0 Å². The summed E-state index contributed by atoms with van der Waals surface area (Å²) >= 11 is 0.702. The summed E-state index contributed by atoms with van der Waals surface area (Å²) in [6.45, 7) is 0. The molecule has 0 heterocycles. The molecule has 0 bridgehead atoms. The molecule has 0 saturated heterocycles. The summed E-state index contributed by atoms with van der Waals surface area (Å²) in [5.74, 6) is 0. The van der Waals surface area contributed by atoms with Crippen LogP contribution in [0.5, 0.6) is 0 Å². The van der Waals surface area contributed by atoms with E-state index < -0.39 is 22.4 Å². The van der Waals surface area contributed by atoms with E-state index in [4.69, 9.17) is 0 Å². The quantitative estimate of drug-likeness (QED) is 0.396. The molecule has 74 valence electrons. The van der Waals surface area contributed by atoms with Crippen molar-refractivity contribution in [3.05, 3.63) is 0 Å². The Bertz CT molecular complexity index is 142. The normalized spacial score (nSPS) is 15.0. The first-order valence-corrected chi connectivity index (χ1v) is 3.97. The van der Waals surface area contributed by atoms with Gasteiger partial charge in [0, 0.05) is 0 Å². The second-order valence-corrected chi connectivity index (χ2v) is 2.69. The molecule has 12 heavy (non-hydrogen) atoms. The van der Waals surface area contributed by atoms with Crippen molar-refractivity contribution in [1.82, 2.24) is 0 Å². The largest absolute Gasteiger partial charge is 0.432 e. The van der Waals surface area contributed by atoms with Gasteiger partial charge in [0.2, 0.25) is 0 Å². The molecule has 0 fully saturated rings. The monoisotopic (exact) mass is 310 g/mol. The fourth-order valence-electron chi connectivity index (χ4n) is 0.312. The van der Waals surface area contributed by atoms with Gasteiger partial charge >= 0.3 is 18.0 Å². The van der Waals surface area contributed by atoms with E-state index in [9.17, 15) is 30.7 Å². The van der Waals surface area contributed by atoms with Crippen LogP contribution in [0.4, 0.5) is 30.7 Å². The van der Waals surface area contributed by atoms with Crippen molar-refractivity contribution in [1.29, 1.82) is 0 Å². The third-order valence-electron chi connectivity index (χ3n) is 1.08. The lowest BCUT2D eigenvalue weighted by Gasteiger charge is -2.27. The summed E-state index contributed by atoms with van der Waals surface area (Å²) in [6, 6.07) is 0. The molecule has 0 aromatic carbocycles. The van der Waals surface area contributed by atoms with Crippen LogP contribution in [0.25, 0.3) is 0 Å². The Kier molecular flexibility index (Phi) is 3.25. The van der Waals surface area contributed by atoms with E-state index in [0.717, 1.165) is 0 Å². The molecule has 0 aliphatic heterocycles. The molecular weight excluding hydrogens is 308 g/mol. The fourth-order valence-corrected chi connectivity index (χ4v) is 1.18. The van der Waals surface area contributed by atoms with Crippen LogP contribution >= 0.6 is 22.6 Å². The van der Waals surface area contributed by atoms with Crippen LogP contribution in [-0.4, -0.2) is 22.4 Å². The molecule has 8 heteroatoms. The highest BCUT2D eigenvalue weighted by Gasteiger charge is 2.71. The molecule has 0 amide bonds. The van der Waals surface area contributed by atoms with Gasteiger partial charge in [-0.2, -0.15) is 26.3 Å². The number of alkyl halides is 8. The number of rotatable bonds is 1. The Morgan fingerprint density at radius 1 is 0.750 bits per heavy atom. The zero-order valence-electron chi connectivity index (χ0n) is 5.23. The Morgan fingerprint density at radius 3 is 1.00 bits per heavy atom. The van der Waals surface area contributed by atoms with Crippen molar-refractivity contribution in [3.63, 3.8) is 0 Å². The minimum atomic E-state index is -5.91. The van der Waals surface area contributed by atoms with Gasteiger partial charge in [-0.1, -0.05) is 22.6 Å². The average Bonchev–Trinajstić information content (AvgIpc) is 1.81. The van der Waals surface area contributed by atoms with Gasteiger partial charge < -0.3 is 0 Å². The summed E-state index contributed by atoms with van der Waals surface area (Å²) < 4.78 is 79.6. The van der Waals surface area contributed by atoms with Gasteiger partial charge in [-0.05, 0) is 0 Å². The van der Waals surface area contributed by atoms with E-state index in [2.05, 4.69) is 0 Å². The van der Waals surface area contributed by atoms with Crippen LogP contribution in [0.15, 0.2) is 0 Å². The van der Waals surface area contributed by atoms with Gasteiger partial charge in [-0.3, -0.25) is 0 Å². The Morgan fingerprint density at radius 2 is 1.00 bits per heavy atom. The molecule has 0 atom stereocenters. The number of hydrogen-bond donors (Lipinski definition) is 0. The van der Waals surface area contributed by atoms with Crippen LogP contribution < -0.4 is 0 Å². The molecular formula is C4H2F7I. The SMILES string of the molecule is FC(F)(F)C(F)(CI)C(F)(F)F. The molecule has 0 unspecified atom stereocenters. The molecule has 0 rings (SSSR count). The van der Waals surface area contributed by atoms with Gasteiger partial charge in [-0.15, -0.1) is 0 Å². The fraction of sp³-hybridized carbons (Fsp3) is 1.00. The minimum Gasteiger partial charge on any atom is -0.223 e. The van der Waals surface area contributed by atoms with E-state index in [1.807, 2.05) is 0 Å². The molecule has 0 nitrogen and oxygen atoms in total. The van der Waals surface area contributed by atoms with Gasteiger partial charge in [-0.25, -0.2) is 4.39 Å². The van der Waals surface area contributed by atoms with E-state index in [1.165, 1.54) is 0 Å². The third kappa shape index (κ3) is 1.94. The van der Waals surface area contributed by atoms with Crippen molar-refractivity contribution in [2.45, 2.75) is 18.0 Å². The van der Waals surface area contributed by atoms with Crippen LogP contribution in [0.2, 0.25) is 0 Å². The van der Waals surface area contributed by atoms with Crippen molar-refractivity contribution < 1.29 is 30.7 Å². The molecule has 0 spiro atoms. The standard InChI is InChI=1S/C4H2F7I/c5-2(1-12,3(6,7)8)4(9,10)11/h1H2. The van der Waals surface area contributed by atoms with Crippen molar-refractivity contribution in [3.8, 4) is 0 Å². The number of hydrogen-bond acceptors (Lipinski definition) is 0. The molecule has 0 aliphatic rings. The van der Waals surface area contributed by atoms with Gasteiger partial charge in [0.25, 0.3) is 0 Å². The Labute approximate surface area is 76.3 Å². The Balaban J connectivity index is 4.95. The first kappa shape index (κ1) is 12.2. The maximum atomic E-state index is 12.3. The van der Waals surface area contributed by atoms with Crippen LogP contribution in [0, 0.1) is 0 Å². The van der Waals surface area contributed by atoms with Gasteiger partial charge in [0.1, 0.15) is 0 Å². The lowest BCUT2D eigenvalue weighted by atomic mass is 10.1. The van der Waals surface area contributed by atoms with Crippen LogP contribution in [-0.2, 0) is 0 Å². The summed E-state index contributed by atoms with van der Waals surface area (Å²) in [7, 11) is 0. The summed E-state index contributed by atoms with van der Waals surface area (Å²) in [5, 5.41) is 0. The highest BCUT2D eigenvalue weighted by molar-refractivity contribution is 14.1. The van der Waals surface area contributed by atoms with Crippen molar-refractivity contribution in [2.24, 2.45) is 0 Å². The molecule has 0 aliphatic carbocycles. The predicted octanol–water partition coefficient (Wildman–Crippen LogP) is 3.25. The average molecular weight is 310 g/mol. The first-order valence-electron chi connectivity index (χ1n) is 2.44. The van der Waals surface area contributed by atoms with Crippen molar-refractivity contribution in [2.75, 3.05) is 4.43 Å². The van der Waals surface area contributed by atoms with E-state index in [1.54, 1.807) is 0 Å². The lowest BCUT2D eigenvalue weighted by molar-refractivity contribution is -0.331. The van der Waals surface area contributed by atoms with Crippen LogP contribution in [0.1, 0.15) is 0 Å². The van der Waals surface area contributed by atoms with E-state index in [0.29, 0.717) is 22.6 Å². The molecule has 0 radical (unpaired) electrons. The van der Waals surface area contributed by atoms with Crippen molar-refractivity contribution >= 4 is 22.6 Å². The summed E-state index contributed by atoms with van der Waals surface area (Å²) in [4.78, 5) is 0. The van der Waals surface area contributed by atoms with E-state index in [-0.39, 0.29) is 0 Å². The highest BCUT2D eigenvalue weighted by atomic mass is 127. The molecule has 0 aromatic rings. The second-order valence-electron chi connectivity index (χ2n) is 1.93. The summed E-state index contributed by atoms with van der Waals surface area (Å²) in [5.41, 5.74) is -5.10. The summed E-state index contributed by atoms with van der Waals surface area (Å²) in [6.07, 6.45) is -11.8.